The number of benzene rings is 1. The molecule has 1 aliphatic carbocycles. The van der Waals surface area contributed by atoms with Crippen molar-refractivity contribution in [3.8, 4) is 0 Å². The van der Waals surface area contributed by atoms with Crippen LogP contribution in [0.4, 0.5) is 5.69 Å². The molecule has 0 fully saturated rings. The van der Waals surface area contributed by atoms with E-state index in [9.17, 15) is 4.79 Å². The second-order valence-corrected chi connectivity index (χ2v) is 6.10. The normalized spacial score (nSPS) is 14.9. The number of rotatable bonds is 3. The van der Waals surface area contributed by atoms with Gasteiger partial charge in [0.2, 0.25) is 5.96 Å². The minimum Gasteiger partial charge on any atom is -0.455 e. The van der Waals surface area contributed by atoms with E-state index in [-0.39, 0.29) is 11.9 Å². The van der Waals surface area contributed by atoms with Crippen molar-refractivity contribution in [1.82, 2.24) is 0 Å². The van der Waals surface area contributed by atoms with Crippen LogP contribution in [0.2, 0.25) is 0 Å². The van der Waals surface area contributed by atoms with Crippen LogP contribution in [-0.2, 0) is 6.42 Å². The summed E-state index contributed by atoms with van der Waals surface area (Å²) in [6.45, 7) is 3.84. The van der Waals surface area contributed by atoms with E-state index in [0.29, 0.717) is 5.76 Å². The van der Waals surface area contributed by atoms with Crippen molar-refractivity contribution in [2.45, 2.75) is 33.1 Å². The van der Waals surface area contributed by atoms with E-state index in [1.807, 2.05) is 38.1 Å². The first-order chi connectivity index (χ1) is 12.0. The molecule has 1 heterocycles. The molecule has 1 aliphatic rings. The minimum absolute atomic E-state index is 0.0990. The molecule has 0 aliphatic heterocycles. The molecule has 0 atom stereocenters. The summed E-state index contributed by atoms with van der Waals surface area (Å²) < 4.78 is 5.83. The van der Waals surface area contributed by atoms with Crippen molar-refractivity contribution in [3.63, 3.8) is 0 Å². The van der Waals surface area contributed by atoms with E-state index in [0.717, 1.165) is 53.1 Å². The van der Waals surface area contributed by atoms with Gasteiger partial charge in [0.05, 0.1) is 5.71 Å². The SMILES string of the molecule is Cc1ccc(NC(=O)c2oc3c(c2C)/C(=N/N=C(N)N)CCC3)cc1. The van der Waals surface area contributed by atoms with Crippen LogP contribution in [0.5, 0.6) is 0 Å². The Labute approximate surface area is 145 Å². The summed E-state index contributed by atoms with van der Waals surface area (Å²) in [6, 6.07) is 7.60. The Balaban J connectivity index is 1.91. The number of hydrogen-bond acceptors (Lipinski definition) is 4. The van der Waals surface area contributed by atoms with Gasteiger partial charge in [-0.15, -0.1) is 5.10 Å². The van der Waals surface area contributed by atoms with E-state index in [4.69, 9.17) is 15.9 Å². The predicted molar refractivity (Wildman–Crippen MR) is 97.9 cm³/mol. The zero-order chi connectivity index (χ0) is 18.0. The Morgan fingerprint density at radius 3 is 2.56 bits per heavy atom. The monoisotopic (exact) mass is 339 g/mol. The first kappa shape index (κ1) is 16.8. The number of carbonyl (C=O) groups is 1. The Morgan fingerprint density at radius 2 is 1.88 bits per heavy atom. The second kappa shape index (κ2) is 6.80. The lowest BCUT2D eigenvalue weighted by Gasteiger charge is -2.11. The van der Waals surface area contributed by atoms with Crippen molar-refractivity contribution in [2.24, 2.45) is 21.7 Å². The van der Waals surface area contributed by atoms with E-state index in [2.05, 4.69) is 15.5 Å². The summed E-state index contributed by atoms with van der Waals surface area (Å²) in [6.07, 6.45) is 2.37. The van der Waals surface area contributed by atoms with Crippen molar-refractivity contribution in [3.05, 3.63) is 52.5 Å². The number of nitrogens with two attached hydrogens (primary N) is 2. The molecule has 7 nitrogen and oxygen atoms in total. The third-order valence-corrected chi connectivity index (χ3v) is 4.13. The van der Waals surface area contributed by atoms with E-state index in [1.165, 1.54) is 0 Å². The molecule has 7 heteroatoms. The topological polar surface area (TPSA) is 119 Å². The van der Waals surface area contributed by atoms with Crippen LogP contribution in [0, 0.1) is 13.8 Å². The van der Waals surface area contributed by atoms with E-state index >= 15 is 0 Å². The van der Waals surface area contributed by atoms with Crippen LogP contribution in [0.3, 0.4) is 0 Å². The molecule has 0 bridgehead atoms. The first-order valence-corrected chi connectivity index (χ1v) is 8.12. The average Bonchev–Trinajstić information content (AvgIpc) is 2.93. The fourth-order valence-corrected chi connectivity index (χ4v) is 2.93. The molecule has 130 valence electrons. The number of fused-ring (bicyclic) bond motifs is 1. The number of hydrogen-bond donors (Lipinski definition) is 3. The third kappa shape index (κ3) is 3.55. The first-order valence-electron chi connectivity index (χ1n) is 8.12. The summed E-state index contributed by atoms with van der Waals surface area (Å²) in [5.41, 5.74) is 14.9. The zero-order valence-corrected chi connectivity index (χ0v) is 14.3. The number of carbonyl (C=O) groups excluding carboxylic acids is 1. The minimum atomic E-state index is -0.281. The largest absolute Gasteiger partial charge is 0.455 e. The summed E-state index contributed by atoms with van der Waals surface area (Å²) in [5.74, 6) is 0.669. The Hall–Kier alpha value is -3.09. The number of furan rings is 1. The van der Waals surface area contributed by atoms with Crippen LogP contribution < -0.4 is 16.8 Å². The number of guanidine groups is 1. The van der Waals surface area contributed by atoms with Gasteiger partial charge < -0.3 is 21.2 Å². The smallest absolute Gasteiger partial charge is 0.291 e. The highest BCUT2D eigenvalue weighted by Gasteiger charge is 2.28. The molecule has 1 aromatic heterocycles. The van der Waals surface area contributed by atoms with E-state index < -0.39 is 0 Å². The van der Waals surface area contributed by atoms with Gasteiger partial charge in [-0.3, -0.25) is 4.79 Å². The lowest BCUT2D eigenvalue weighted by Crippen LogP contribution is -2.22. The van der Waals surface area contributed by atoms with Crippen LogP contribution in [-0.4, -0.2) is 17.6 Å². The molecular formula is C18H21N5O2. The molecule has 0 saturated heterocycles. The molecule has 0 saturated carbocycles. The lowest BCUT2D eigenvalue weighted by molar-refractivity contribution is 0.0994. The standard InChI is InChI=1S/C18H21N5O2/c1-10-6-8-12(9-7-10)21-17(24)16-11(2)15-13(22-23-18(19)20)4-3-5-14(15)25-16/h6-9H,3-5H2,1-2H3,(H,21,24)(H4,19,20,23)/b22-13+. The molecular weight excluding hydrogens is 318 g/mol. The molecule has 5 N–H and O–H groups in total. The third-order valence-electron chi connectivity index (χ3n) is 4.13. The van der Waals surface area contributed by atoms with Gasteiger partial charge >= 0.3 is 0 Å². The van der Waals surface area contributed by atoms with Crippen molar-refractivity contribution >= 4 is 23.3 Å². The van der Waals surface area contributed by atoms with Crippen LogP contribution >= 0.6 is 0 Å². The average molecular weight is 339 g/mol. The zero-order valence-electron chi connectivity index (χ0n) is 14.3. The number of aryl methyl sites for hydroxylation is 2. The molecule has 1 aromatic carbocycles. The summed E-state index contributed by atoms with van der Waals surface area (Å²) in [4.78, 5) is 12.6. The van der Waals surface area contributed by atoms with Crippen molar-refractivity contribution in [2.75, 3.05) is 5.32 Å². The molecule has 3 rings (SSSR count). The number of anilines is 1. The number of amides is 1. The van der Waals surface area contributed by atoms with Crippen molar-refractivity contribution < 1.29 is 9.21 Å². The summed E-state index contributed by atoms with van der Waals surface area (Å²) >= 11 is 0. The lowest BCUT2D eigenvalue weighted by atomic mass is 9.93. The molecule has 0 spiro atoms. The van der Waals surface area contributed by atoms with E-state index in [1.54, 1.807) is 0 Å². The fraction of sp³-hybridized carbons (Fsp3) is 0.278. The maximum Gasteiger partial charge on any atom is 0.291 e. The highest BCUT2D eigenvalue weighted by molar-refractivity contribution is 6.09. The van der Waals surface area contributed by atoms with Gasteiger partial charge in [0.15, 0.2) is 5.76 Å². The van der Waals surface area contributed by atoms with Gasteiger partial charge in [-0.25, -0.2) is 0 Å². The molecule has 25 heavy (non-hydrogen) atoms. The molecule has 1 amide bonds. The highest BCUT2D eigenvalue weighted by Crippen LogP contribution is 2.30. The van der Waals surface area contributed by atoms with Gasteiger partial charge in [-0.1, -0.05) is 17.7 Å². The van der Waals surface area contributed by atoms with Crippen LogP contribution in [0.25, 0.3) is 0 Å². The number of nitrogens with one attached hydrogen (secondary N) is 1. The quantitative estimate of drug-likeness (QED) is 0.452. The molecule has 0 unspecified atom stereocenters. The molecule has 0 radical (unpaired) electrons. The van der Waals surface area contributed by atoms with Gasteiger partial charge in [0.1, 0.15) is 5.76 Å². The second-order valence-electron chi connectivity index (χ2n) is 6.10. The Morgan fingerprint density at radius 1 is 1.16 bits per heavy atom. The predicted octanol–water partition coefficient (Wildman–Crippen LogP) is 2.46. The molecule has 2 aromatic rings. The van der Waals surface area contributed by atoms with Crippen LogP contribution in [0.15, 0.2) is 38.9 Å². The maximum atomic E-state index is 12.6. The Bertz CT molecular complexity index is 858. The maximum absolute atomic E-state index is 12.6. The summed E-state index contributed by atoms with van der Waals surface area (Å²) in [7, 11) is 0. The van der Waals surface area contributed by atoms with Crippen molar-refractivity contribution in [1.29, 1.82) is 0 Å². The fourth-order valence-electron chi connectivity index (χ4n) is 2.93. The van der Waals surface area contributed by atoms with Crippen LogP contribution in [0.1, 0.15) is 45.8 Å². The summed E-state index contributed by atoms with van der Waals surface area (Å²) in [5, 5.41) is 10.7. The van der Waals surface area contributed by atoms with Gasteiger partial charge in [0, 0.05) is 23.2 Å². The number of nitrogens with zero attached hydrogens (tertiary/aromatic N) is 2. The van der Waals surface area contributed by atoms with Gasteiger partial charge in [0.25, 0.3) is 5.91 Å². The van der Waals surface area contributed by atoms with Gasteiger partial charge in [-0.2, -0.15) is 5.10 Å². The highest BCUT2D eigenvalue weighted by atomic mass is 16.4. The van der Waals surface area contributed by atoms with Gasteiger partial charge in [-0.05, 0) is 38.8 Å². The Kier molecular flexibility index (Phi) is 4.56.